The first-order chi connectivity index (χ1) is 9.31. The molecule has 1 aromatic rings. The summed E-state index contributed by atoms with van der Waals surface area (Å²) in [5, 5.41) is 0. The molecule has 0 aliphatic carbocycles. The van der Waals surface area contributed by atoms with Gasteiger partial charge in [-0.3, -0.25) is 4.79 Å². The number of esters is 1. The molecule has 0 aliphatic heterocycles. The topological polar surface area (TPSA) is 89.7 Å². The van der Waals surface area contributed by atoms with E-state index in [9.17, 15) is 13.2 Å². The summed E-state index contributed by atoms with van der Waals surface area (Å²) in [6.07, 6.45) is 0.595. The van der Waals surface area contributed by atoms with Crippen molar-refractivity contribution < 1.29 is 17.9 Å². The van der Waals surface area contributed by atoms with Crippen molar-refractivity contribution in [2.24, 2.45) is 0 Å². The average molecular weight is 300 g/mol. The highest BCUT2D eigenvalue weighted by molar-refractivity contribution is 7.89. The number of nitrogen functional groups attached to an aromatic ring is 1. The van der Waals surface area contributed by atoms with Crippen LogP contribution < -0.4 is 5.73 Å². The molecule has 20 heavy (non-hydrogen) atoms. The van der Waals surface area contributed by atoms with Crippen LogP contribution >= 0.6 is 0 Å². The predicted octanol–water partition coefficient (Wildman–Crippen LogP) is 1.15. The molecular formula is C13H20N2O4S. The van der Waals surface area contributed by atoms with Gasteiger partial charge in [-0.1, -0.05) is 6.92 Å². The number of anilines is 1. The largest absolute Gasteiger partial charge is 0.468 e. The Labute approximate surface area is 119 Å². The molecule has 1 rings (SSSR count). The summed E-state index contributed by atoms with van der Waals surface area (Å²) in [6.45, 7) is 3.54. The van der Waals surface area contributed by atoms with Gasteiger partial charge < -0.3 is 10.5 Å². The van der Waals surface area contributed by atoms with Crippen molar-refractivity contribution in [3.05, 3.63) is 23.8 Å². The normalized spacial score (nSPS) is 11.6. The number of hydrogen-bond donors (Lipinski definition) is 1. The number of sulfonamides is 1. The van der Waals surface area contributed by atoms with E-state index in [0.717, 1.165) is 9.87 Å². The van der Waals surface area contributed by atoms with Crippen LogP contribution in [0.4, 0.5) is 5.69 Å². The fourth-order valence-electron chi connectivity index (χ4n) is 1.82. The number of ether oxygens (including phenoxy) is 1. The number of nitrogens with zero attached hydrogens (tertiary/aromatic N) is 1. The lowest BCUT2D eigenvalue weighted by atomic mass is 10.2. The molecule has 0 heterocycles. The Hall–Kier alpha value is -1.60. The van der Waals surface area contributed by atoms with Gasteiger partial charge in [-0.15, -0.1) is 0 Å². The first kappa shape index (κ1) is 16.5. The van der Waals surface area contributed by atoms with E-state index in [4.69, 9.17) is 5.73 Å². The van der Waals surface area contributed by atoms with Gasteiger partial charge in [0, 0.05) is 12.2 Å². The minimum absolute atomic E-state index is 0.0901. The molecule has 2 N–H and O–H groups in total. The molecule has 0 aliphatic rings. The molecule has 0 fully saturated rings. The number of aryl methyl sites for hydroxylation is 1. The highest BCUT2D eigenvalue weighted by Crippen LogP contribution is 2.20. The molecule has 0 saturated carbocycles. The van der Waals surface area contributed by atoms with Gasteiger partial charge in [0.15, 0.2) is 0 Å². The second kappa shape index (κ2) is 6.71. The van der Waals surface area contributed by atoms with Crippen LogP contribution in [0.5, 0.6) is 0 Å². The van der Waals surface area contributed by atoms with Gasteiger partial charge in [0.25, 0.3) is 0 Å². The van der Waals surface area contributed by atoms with E-state index in [1.165, 1.54) is 19.2 Å². The van der Waals surface area contributed by atoms with Crippen molar-refractivity contribution in [3.8, 4) is 0 Å². The number of carbonyl (C=O) groups excluding carboxylic acids is 1. The van der Waals surface area contributed by atoms with Crippen molar-refractivity contribution in [2.45, 2.75) is 25.2 Å². The summed E-state index contributed by atoms with van der Waals surface area (Å²) in [4.78, 5) is 11.4. The predicted molar refractivity (Wildman–Crippen MR) is 76.7 cm³/mol. The first-order valence-corrected chi connectivity index (χ1v) is 7.69. The smallest absolute Gasteiger partial charge is 0.321 e. The van der Waals surface area contributed by atoms with E-state index in [1.54, 1.807) is 13.0 Å². The Morgan fingerprint density at radius 2 is 2.00 bits per heavy atom. The lowest BCUT2D eigenvalue weighted by Crippen LogP contribution is -2.36. The van der Waals surface area contributed by atoms with Crippen molar-refractivity contribution in [1.82, 2.24) is 4.31 Å². The molecule has 0 atom stereocenters. The molecule has 6 nitrogen and oxygen atoms in total. The lowest BCUT2D eigenvalue weighted by Gasteiger charge is -2.20. The standard InChI is InChI=1S/C13H20N2O4S/c1-4-5-15(9-13(16)19-3)20(17,18)12-7-10(2)6-11(14)8-12/h6-8H,4-5,9,14H2,1-3H3. The monoisotopic (exact) mass is 300 g/mol. The molecule has 0 amide bonds. The van der Waals surface area contributed by atoms with Gasteiger partial charge in [0.05, 0.1) is 12.0 Å². The van der Waals surface area contributed by atoms with Gasteiger partial charge in [-0.2, -0.15) is 4.31 Å². The minimum Gasteiger partial charge on any atom is -0.468 e. The summed E-state index contributed by atoms with van der Waals surface area (Å²) >= 11 is 0. The summed E-state index contributed by atoms with van der Waals surface area (Å²) in [5.41, 5.74) is 6.80. The fraction of sp³-hybridized carbons (Fsp3) is 0.462. The van der Waals surface area contributed by atoms with Gasteiger partial charge in [-0.25, -0.2) is 8.42 Å². The van der Waals surface area contributed by atoms with E-state index in [-0.39, 0.29) is 18.0 Å². The molecular weight excluding hydrogens is 280 g/mol. The van der Waals surface area contributed by atoms with Crippen molar-refractivity contribution >= 4 is 21.7 Å². The summed E-state index contributed by atoms with van der Waals surface area (Å²) < 4.78 is 30.7. The number of benzene rings is 1. The van der Waals surface area contributed by atoms with Gasteiger partial charge in [0.1, 0.15) is 6.54 Å². The molecule has 1 aromatic carbocycles. The van der Waals surface area contributed by atoms with Crippen molar-refractivity contribution in [1.29, 1.82) is 0 Å². The number of nitrogens with two attached hydrogens (primary N) is 1. The maximum absolute atomic E-state index is 12.5. The Morgan fingerprint density at radius 3 is 2.50 bits per heavy atom. The quantitative estimate of drug-likeness (QED) is 0.629. The lowest BCUT2D eigenvalue weighted by molar-refractivity contribution is -0.140. The second-order valence-electron chi connectivity index (χ2n) is 4.49. The summed E-state index contributed by atoms with van der Waals surface area (Å²) in [7, 11) is -2.53. The molecule has 0 saturated heterocycles. The van der Waals surface area contributed by atoms with E-state index in [2.05, 4.69) is 4.74 Å². The zero-order valence-corrected chi connectivity index (χ0v) is 12.7. The Morgan fingerprint density at radius 1 is 1.35 bits per heavy atom. The van der Waals surface area contributed by atoms with Gasteiger partial charge in [-0.05, 0) is 37.1 Å². The number of methoxy groups -OCH3 is 1. The summed E-state index contributed by atoms with van der Waals surface area (Å²) in [6, 6.07) is 4.61. The molecule has 7 heteroatoms. The summed E-state index contributed by atoms with van der Waals surface area (Å²) in [5.74, 6) is -0.595. The Bertz CT molecular complexity index is 564. The molecule has 112 valence electrons. The number of carbonyl (C=O) groups is 1. The van der Waals surface area contributed by atoms with Crippen LogP contribution in [0.25, 0.3) is 0 Å². The molecule has 0 spiro atoms. The Balaban J connectivity index is 3.18. The molecule has 0 aromatic heterocycles. The van der Waals surface area contributed by atoms with E-state index in [0.29, 0.717) is 12.1 Å². The van der Waals surface area contributed by atoms with E-state index >= 15 is 0 Å². The third-order valence-corrected chi connectivity index (χ3v) is 4.54. The maximum atomic E-state index is 12.5. The molecule has 0 radical (unpaired) electrons. The zero-order chi connectivity index (χ0) is 15.3. The van der Waals surface area contributed by atoms with Crippen molar-refractivity contribution in [2.75, 3.05) is 25.9 Å². The fourth-order valence-corrected chi connectivity index (χ4v) is 3.43. The van der Waals surface area contributed by atoms with Crippen LogP contribution in [-0.4, -0.2) is 38.9 Å². The van der Waals surface area contributed by atoms with Crippen LogP contribution in [0.2, 0.25) is 0 Å². The number of hydrogen-bond acceptors (Lipinski definition) is 5. The average Bonchev–Trinajstić information content (AvgIpc) is 2.36. The Kier molecular flexibility index (Phi) is 5.52. The highest BCUT2D eigenvalue weighted by Gasteiger charge is 2.26. The third kappa shape index (κ3) is 3.94. The van der Waals surface area contributed by atoms with E-state index in [1.807, 2.05) is 6.92 Å². The second-order valence-corrected chi connectivity index (χ2v) is 6.43. The third-order valence-electron chi connectivity index (χ3n) is 2.72. The highest BCUT2D eigenvalue weighted by atomic mass is 32.2. The zero-order valence-electron chi connectivity index (χ0n) is 11.9. The van der Waals surface area contributed by atoms with Crippen molar-refractivity contribution in [3.63, 3.8) is 0 Å². The van der Waals surface area contributed by atoms with Crippen LogP contribution in [0.15, 0.2) is 23.1 Å². The number of rotatable bonds is 6. The minimum atomic E-state index is -3.76. The van der Waals surface area contributed by atoms with Crippen LogP contribution in [0.3, 0.4) is 0 Å². The van der Waals surface area contributed by atoms with Gasteiger partial charge in [0.2, 0.25) is 10.0 Å². The van der Waals surface area contributed by atoms with Crippen LogP contribution in [-0.2, 0) is 19.6 Å². The molecule has 0 bridgehead atoms. The van der Waals surface area contributed by atoms with Crippen LogP contribution in [0.1, 0.15) is 18.9 Å². The SMILES string of the molecule is CCCN(CC(=O)OC)S(=O)(=O)c1cc(C)cc(N)c1. The van der Waals surface area contributed by atoms with Crippen LogP contribution in [0, 0.1) is 6.92 Å². The van der Waals surface area contributed by atoms with Gasteiger partial charge >= 0.3 is 5.97 Å². The first-order valence-electron chi connectivity index (χ1n) is 6.25. The molecule has 0 unspecified atom stereocenters. The van der Waals surface area contributed by atoms with E-state index < -0.39 is 16.0 Å². The maximum Gasteiger partial charge on any atom is 0.321 e.